The van der Waals surface area contributed by atoms with Crippen LogP contribution in [0.25, 0.3) is 0 Å². The second-order valence-electron chi connectivity index (χ2n) is 6.38. The molecule has 0 saturated carbocycles. The van der Waals surface area contributed by atoms with E-state index in [1.165, 1.54) is 14.2 Å². The Kier molecular flexibility index (Phi) is 7.16. The Labute approximate surface area is 159 Å². The van der Waals surface area contributed by atoms with Crippen molar-refractivity contribution in [2.75, 3.05) is 14.2 Å². The largest absolute Gasteiger partial charge is 0.497 e. The van der Waals surface area contributed by atoms with E-state index >= 15 is 0 Å². The highest BCUT2D eigenvalue weighted by Gasteiger charge is 2.25. The molecule has 2 amide bonds. The normalized spacial score (nSPS) is 11.6. The SMILES string of the molecule is COc1cc(OC)cc(C(=O)N[C@H](C(=O)NCc2cccnc2)C(C)C)c1. The fourth-order valence-electron chi connectivity index (χ4n) is 2.50. The zero-order valence-electron chi connectivity index (χ0n) is 16.0. The standard InChI is InChI=1S/C20H25N3O4/c1-13(2)18(20(25)22-12-14-6-5-7-21-11-14)23-19(24)15-8-16(26-3)10-17(9-15)27-4/h5-11,13,18H,12H2,1-4H3,(H,22,25)(H,23,24)/t18-/m0/s1. The van der Waals surface area contributed by atoms with Crippen molar-refractivity contribution < 1.29 is 19.1 Å². The average Bonchev–Trinajstić information content (AvgIpc) is 2.70. The first-order valence-corrected chi connectivity index (χ1v) is 8.65. The molecule has 0 aliphatic carbocycles. The van der Waals surface area contributed by atoms with Crippen LogP contribution in [0.15, 0.2) is 42.7 Å². The van der Waals surface area contributed by atoms with E-state index in [9.17, 15) is 9.59 Å². The lowest BCUT2D eigenvalue weighted by Crippen LogP contribution is -2.49. The van der Waals surface area contributed by atoms with Gasteiger partial charge in [-0.1, -0.05) is 19.9 Å². The molecular weight excluding hydrogens is 346 g/mol. The van der Waals surface area contributed by atoms with Crippen molar-refractivity contribution in [3.8, 4) is 11.5 Å². The molecule has 1 atom stereocenters. The topological polar surface area (TPSA) is 89.5 Å². The van der Waals surface area contributed by atoms with Gasteiger partial charge >= 0.3 is 0 Å². The molecule has 0 saturated heterocycles. The molecule has 0 spiro atoms. The van der Waals surface area contributed by atoms with Gasteiger partial charge in [0.25, 0.3) is 5.91 Å². The van der Waals surface area contributed by atoms with Gasteiger partial charge in [-0.2, -0.15) is 0 Å². The average molecular weight is 371 g/mol. The summed E-state index contributed by atoms with van der Waals surface area (Å²) >= 11 is 0. The molecule has 7 nitrogen and oxygen atoms in total. The quantitative estimate of drug-likeness (QED) is 0.742. The summed E-state index contributed by atoms with van der Waals surface area (Å²) in [5.74, 6) is 0.290. The summed E-state index contributed by atoms with van der Waals surface area (Å²) in [7, 11) is 3.03. The van der Waals surface area contributed by atoms with Crippen LogP contribution < -0.4 is 20.1 Å². The van der Waals surface area contributed by atoms with Crippen molar-refractivity contribution in [2.24, 2.45) is 5.92 Å². The third-order valence-corrected chi connectivity index (χ3v) is 4.04. The minimum absolute atomic E-state index is 0.0876. The number of nitrogens with zero attached hydrogens (tertiary/aromatic N) is 1. The van der Waals surface area contributed by atoms with Crippen LogP contribution in [0.2, 0.25) is 0 Å². The smallest absolute Gasteiger partial charge is 0.252 e. The van der Waals surface area contributed by atoms with E-state index in [1.807, 2.05) is 19.9 Å². The maximum Gasteiger partial charge on any atom is 0.252 e. The minimum Gasteiger partial charge on any atom is -0.497 e. The molecular formula is C20H25N3O4. The Bertz CT molecular complexity index is 756. The van der Waals surface area contributed by atoms with Gasteiger partial charge in [-0.15, -0.1) is 0 Å². The number of benzene rings is 1. The molecule has 7 heteroatoms. The van der Waals surface area contributed by atoms with Crippen LogP contribution in [-0.2, 0) is 11.3 Å². The molecule has 0 aliphatic rings. The predicted octanol–water partition coefficient (Wildman–Crippen LogP) is 2.17. The number of rotatable bonds is 8. The first kappa shape index (κ1) is 20.2. The first-order chi connectivity index (χ1) is 12.9. The molecule has 27 heavy (non-hydrogen) atoms. The van der Waals surface area contributed by atoms with Gasteiger partial charge in [0, 0.05) is 30.6 Å². The summed E-state index contributed by atoms with van der Waals surface area (Å²) in [5, 5.41) is 5.63. The number of nitrogens with one attached hydrogen (secondary N) is 2. The summed E-state index contributed by atoms with van der Waals surface area (Å²) in [6.45, 7) is 4.10. The third-order valence-electron chi connectivity index (χ3n) is 4.04. The van der Waals surface area contributed by atoms with Gasteiger partial charge in [-0.05, 0) is 29.7 Å². The molecule has 1 heterocycles. The van der Waals surface area contributed by atoms with Gasteiger partial charge < -0.3 is 20.1 Å². The van der Waals surface area contributed by atoms with E-state index in [-0.39, 0.29) is 17.7 Å². The van der Waals surface area contributed by atoms with Crippen LogP contribution in [0.5, 0.6) is 11.5 Å². The predicted molar refractivity (Wildman–Crippen MR) is 102 cm³/mol. The van der Waals surface area contributed by atoms with Crippen LogP contribution in [0.4, 0.5) is 0 Å². The third kappa shape index (κ3) is 5.70. The molecule has 0 fully saturated rings. The number of aromatic nitrogens is 1. The summed E-state index contributed by atoms with van der Waals surface area (Å²) in [6.07, 6.45) is 3.36. The zero-order valence-corrected chi connectivity index (χ0v) is 16.0. The van der Waals surface area contributed by atoms with Crippen LogP contribution in [0, 0.1) is 5.92 Å². The fraction of sp³-hybridized carbons (Fsp3) is 0.350. The Balaban J connectivity index is 2.08. The highest BCUT2D eigenvalue weighted by molar-refractivity contribution is 5.98. The highest BCUT2D eigenvalue weighted by Crippen LogP contribution is 2.22. The van der Waals surface area contributed by atoms with Crippen molar-refractivity contribution in [3.63, 3.8) is 0 Å². The number of ether oxygens (including phenoxy) is 2. The Morgan fingerprint density at radius 1 is 1.11 bits per heavy atom. The monoisotopic (exact) mass is 371 g/mol. The summed E-state index contributed by atoms with van der Waals surface area (Å²) in [4.78, 5) is 29.3. The van der Waals surface area contributed by atoms with Gasteiger partial charge in [0.05, 0.1) is 14.2 Å². The molecule has 1 aromatic heterocycles. The van der Waals surface area contributed by atoms with Crippen molar-refractivity contribution in [1.82, 2.24) is 15.6 Å². The van der Waals surface area contributed by atoms with Crippen LogP contribution in [0.3, 0.4) is 0 Å². The lowest BCUT2D eigenvalue weighted by atomic mass is 10.0. The second kappa shape index (κ2) is 9.56. The Morgan fingerprint density at radius 2 is 1.78 bits per heavy atom. The number of carbonyl (C=O) groups is 2. The summed E-state index contributed by atoms with van der Waals surface area (Å²) in [6, 6.07) is 7.88. The van der Waals surface area contributed by atoms with E-state index in [0.717, 1.165) is 5.56 Å². The molecule has 1 aromatic carbocycles. The van der Waals surface area contributed by atoms with Gasteiger partial charge in [-0.3, -0.25) is 14.6 Å². The lowest BCUT2D eigenvalue weighted by molar-refractivity contribution is -0.124. The van der Waals surface area contributed by atoms with Gasteiger partial charge in [0.1, 0.15) is 17.5 Å². The molecule has 0 aliphatic heterocycles. The van der Waals surface area contributed by atoms with E-state index in [1.54, 1.807) is 36.7 Å². The molecule has 0 unspecified atom stereocenters. The van der Waals surface area contributed by atoms with Crippen LogP contribution in [-0.4, -0.2) is 37.1 Å². The molecule has 2 aromatic rings. The maximum atomic E-state index is 12.7. The maximum absolute atomic E-state index is 12.7. The number of amides is 2. The summed E-state index contributed by atoms with van der Waals surface area (Å²) < 4.78 is 10.4. The molecule has 0 bridgehead atoms. The summed E-state index contributed by atoms with van der Waals surface area (Å²) in [5.41, 5.74) is 1.24. The van der Waals surface area contributed by atoms with Gasteiger partial charge in [0.2, 0.25) is 5.91 Å². The number of hydrogen-bond donors (Lipinski definition) is 2. The van der Waals surface area contributed by atoms with E-state index < -0.39 is 6.04 Å². The zero-order chi connectivity index (χ0) is 19.8. The molecule has 2 rings (SSSR count). The van der Waals surface area contributed by atoms with Crippen molar-refractivity contribution in [3.05, 3.63) is 53.9 Å². The second-order valence-corrected chi connectivity index (χ2v) is 6.38. The molecule has 0 radical (unpaired) electrons. The fourth-order valence-corrected chi connectivity index (χ4v) is 2.50. The van der Waals surface area contributed by atoms with E-state index in [2.05, 4.69) is 15.6 Å². The number of methoxy groups -OCH3 is 2. The molecule has 144 valence electrons. The van der Waals surface area contributed by atoms with E-state index in [0.29, 0.717) is 23.6 Å². The lowest BCUT2D eigenvalue weighted by Gasteiger charge is -2.22. The molecule has 2 N–H and O–H groups in total. The Hall–Kier alpha value is -3.09. The van der Waals surface area contributed by atoms with Crippen LogP contribution >= 0.6 is 0 Å². The number of hydrogen-bond acceptors (Lipinski definition) is 5. The minimum atomic E-state index is -0.675. The Morgan fingerprint density at radius 3 is 2.30 bits per heavy atom. The highest BCUT2D eigenvalue weighted by atomic mass is 16.5. The number of carbonyl (C=O) groups excluding carboxylic acids is 2. The van der Waals surface area contributed by atoms with Gasteiger partial charge in [-0.25, -0.2) is 0 Å². The van der Waals surface area contributed by atoms with Crippen molar-refractivity contribution in [2.45, 2.75) is 26.4 Å². The van der Waals surface area contributed by atoms with E-state index in [4.69, 9.17) is 9.47 Å². The first-order valence-electron chi connectivity index (χ1n) is 8.65. The van der Waals surface area contributed by atoms with Crippen molar-refractivity contribution >= 4 is 11.8 Å². The van der Waals surface area contributed by atoms with Crippen LogP contribution in [0.1, 0.15) is 29.8 Å². The number of pyridine rings is 1. The van der Waals surface area contributed by atoms with Gasteiger partial charge in [0.15, 0.2) is 0 Å². The van der Waals surface area contributed by atoms with Crippen molar-refractivity contribution in [1.29, 1.82) is 0 Å².